The smallest absolute Gasteiger partial charge is 0.0837 e. The van der Waals surface area contributed by atoms with E-state index in [1.165, 1.54) is 6.42 Å². The molecule has 3 nitrogen and oxygen atoms in total. The average molecular weight is 188 g/mol. The lowest BCUT2D eigenvalue weighted by Gasteiger charge is -2.33. The van der Waals surface area contributed by atoms with Crippen molar-refractivity contribution in [3.63, 3.8) is 0 Å². The number of hydrogen-bond acceptors (Lipinski definition) is 3. The van der Waals surface area contributed by atoms with Crippen LogP contribution in [0.4, 0.5) is 0 Å². The Bertz CT molecular complexity index is 136. The number of rotatable bonds is 4. The topological polar surface area (TPSA) is 38.7 Å². The van der Waals surface area contributed by atoms with E-state index in [4.69, 9.17) is 14.6 Å². The summed E-state index contributed by atoms with van der Waals surface area (Å²) in [7, 11) is 1.73. The minimum atomic E-state index is 0.0997. The first-order valence-corrected chi connectivity index (χ1v) is 5.03. The van der Waals surface area contributed by atoms with E-state index in [0.29, 0.717) is 6.61 Å². The van der Waals surface area contributed by atoms with E-state index in [2.05, 4.69) is 6.92 Å². The van der Waals surface area contributed by atoms with E-state index < -0.39 is 0 Å². The highest BCUT2D eigenvalue weighted by Crippen LogP contribution is 2.27. The molecule has 0 amide bonds. The Morgan fingerprint density at radius 3 is 2.69 bits per heavy atom. The van der Waals surface area contributed by atoms with Gasteiger partial charge >= 0.3 is 0 Å². The first-order chi connectivity index (χ1) is 6.27. The maximum atomic E-state index is 8.64. The van der Waals surface area contributed by atoms with Crippen LogP contribution in [0.1, 0.15) is 26.2 Å². The molecule has 0 aromatic rings. The number of ether oxygens (including phenoxy) is 2. The fourth-order valence-electron chi connectivity index (χ4n) is 1.94. The maximum Gasteiger partial charge on any atom is 0.0837 e. The standard InChI is InChI=1S/C10H20O3/c1-8-3-4-9(13-6-5-11)10(7-8)12-2/h8-11H,3-7H2,1-2H3/t8?,9?,10-/m1/s1. The molecule has 1 aliphatic rings. The van der Waals surface area contributed by atoms with Gasteiger partial charge in [-0.15, -0.1) is 0 Å². The zero-order valence-electron chi connectivity index (χ0n) is 8.53. The summed E-state index contributed by atoms with van der Waals surface area (Å²) >= 11 is 0. The lowest BCUT2D eigenvalue weighted by atomic mass is 9.86. The lowest BCUT2D eigenvalue weighted by molar-refractivity contribution is -0.0915. The summed E-state index contributed by atoms with van der Waals surface area (Å²) in [6, 6.07) is 0. The fourth-order valence-corrected chi connectivity index (χ4v) is 1.94. The van der Waals surface area contributed by atoms with Crippen LogP contribution in [-0.4, -0.2) is 37.6 Å². The van der Waals surface area contributed by atoms with Crippen LogP contribution in [0.3, 0.4) is 0 Å². The molecule has 1 saturated carbocycles. The molecule has 3 heteroatoms. The van der Waals surface area contributed by atoms with Crippen molar-refractivity contribution < 1.29 is 14.6 Å². The molecule has 0 aromatic carbocycles. The molecule has 1 rings (SSSR count). The van der Waals surface area contributed by atoms with Gasteiger partial charge in [0.15, 0.2) is 0 Å². The number of aliphatic hydroxyl groups excluding tert-OH is 1. The molecule has 2 unspecified atom stereocenters. The Balaban J connectivity index is 2.33. The molecule has 0 heterocycles. The van der Waals surface area contributed by atoms with Gasteiger partial charge in [-0.3, -0.25) is 0 Å². The van der Waals surface area contributed by atoms with Crippen molar-refractivity contribution in [2.75, 3.05) is 20.3 Å². The van der Waals surface area contributed by atoms with Gasteiger partial charge in [-0.2, -0.15) is 0 Å². The molecule has 0 aliphatic heterocycles. The van der Waals surface area contributed by atoms with E-state index in [0.717, 1.165) is 18.8 Å². The molecule has 0 radical (unpaired) electrons. The van der Waals surface area contributed by atoms with E-state index in [1.807, 2.05) is 0 Å². The molecule has 0 spiro atoms. The van der Waals surface area contributed by atoms with Crippen LogP contribution in [0, 0.1) is 5.92 Å². The molecule has 0 saturated heterocycles. The summed E-state index contributed by atoms with van der Waals surface area (Å²) in [5.74, 6) is 0.735. The minimum absolute atomic E-state index is 0.0997. The van der Waals surface area contributed by atoms with Crippen molar-refractivity contribution in [3.05, 3.63) is 0 Å². The molecule has 78 valence electrons. The van der Waals surface area contributed by atoms with E-state index in [1.54, 1.807) is 7.11 Å². The Morgan fingerprint density at radius 2 is 2.08 bits per heavy atom. The molecule has 1 N–H and O–H groups in total. The second-order valence-electron chi connectivity index (χ2n) is 3.83. The highest BCUT2D eigenvalue weighted by Gasteiger charge is 2.28. The predicted molar refractivity (Wildman–Crippen MR) is 50.6 cm³/mol. The SMILES string of the molecule is CO[C@@H]1CC(C)CCC1OCCO. The zero-order chi connectivity index (χ0) is 9.68. The first kappa shape index (κ1) is 11.0. The Morgan fingerprint density at radius 1 is 1.31 bits per heavy atom. The van der Waals surface area contributed by atoms with Crippen LogP contribution in [0.2, 0.25) is 0 Å². The van der Waals surface area contributed by atoms with Gasteiger partial charge in [-0.1, -0.05) is 6.92 Å². The number of hydrogen-bond donors (Lipinski definition) is 1. The average Bonchev–Trinajstić information content (AvgIpc) is 2.16. The third-order valence-corrected chi connectivity index (χ3v) is 2.72. The van der Waals surface area contributed by atoms with Gasteiger partial charge in [0.1, 0.15) is 0 Å². The Labute approximate surface area is 80.0 Å². The van der Waals surface area contributed by atoms with Crippen LogP contribution in [0.5, 0.6) is 0 Å². The van der Waals surface area contributed by atoms with Crippen LogP contribution in [-0.2, 0) is 9.47 Å². The lowest BCUT2D eigenvalue weighted by Crippen LogP contribution is -2.37. The fraction of sp³-hybridized carbons (Fsp3) is 1.00. The van der Waals surface area contributed by atoms with E-state index in [9.17, 15) is 0 Å². The normalized spacial score (nSPS) is 34.8. The Hall–Kier alpha value is -0.120. The molecule has 13 heavy (non-hydrogen) atoms. The van der Waals surface area contributed by atoms with Crippen LogP contribution in [0.15, 0.2) is 0 Å². The minimum Gasteiger partial charge on any atom is -0.394 e. The number of methoxy groups -OCH3 is 1. The van der Waals surface area contributed by atoms with Gasteiger partial charge in [-0.05, 0) is 25.2 Å². The molecular formula is C10H20O3. The van der Waals surface area contributed by atoms with Crippen LogP contribution >= 0.6 is 0 Å². The predicted octanol–water partition coefficient (Wildman–Crippen LogP) is 1.20. The van der Waals surface area contributed by atoms with Crippen molar-refractivity contribution in [3.8, 4) is 0 Å². The summed E-state index contributed by atoms with van der Waals surface area (Å²) in [5, 5.41) is 8.64. The second-order valence-corrected chi connectivity index (χ2v) is 3.83. The largest absolute Gasteiger partial charge is 0.394 e. The van der Waals surface area contributed by atoms with Crippen molar-refractivity contribution in [2.24, 2.45) is 5.92 Å². The molecule has 0 aromatic heterocycles. The van der Waals surface area contributed by atoms with Gasteiger partial charge in [0.05, 0.1) is 25.4 Å². The summed E-state index contributed by atoms with van der Waals surface area (Å²) in [6.07, 6.45) is 3.74. The highest BCUT2D eigenvalue weighted by atomic mass is 16.5. The summed E-state index contributed by atoms with van der Waals surface area (Å²) in [6.45, 7) is 2.77. The van der Waals surface area contributed by atoms with Gasteiger partial charge in [0.25, 0.3) is 0 Å². The third-order valence-electron chi connectivity index (χ3n) is 2.72. The van der Waals surface area contributed by atoms with Gasteiger partial charge in [0, 0.05) is 7.11 Å². The highest BCUT2D eigenvalue weighted by molar-refractivity contribution is 4.79. The molecular weight excluding hydrogens is 168 g/mol. The third kappa shape index (κ3) is 3.25. The molecule has 1 fully saturated rings. The molecule has 0 bridgehead atoms. The first-order valence-electron chi connectivity index (χ1n) is 5.03. The van der Waals surface area contributed by atoms with Gasteiger partial charge in [-0.25, -0.2) is 0 Å². The maximum absolute atomic E-state index is 8.64. The van der Waals surface area contributed by atoms with Gasteiger partial charge in [0.2, 0.25) is 0 Å². The van der Waals surface area contributed by atoms with E-state index in [-0.39, 0.29) is 18.8 Å². The van der Waals surface area contributed by atoms with Crippen LogP contribution < -0.4 is 0 Å². The second kappa shape index (κ2) is 5.58. The summed E-state index contributed by atoms with van der Waals surface area (Å²) in [4.78, 5) is 0. The molecule has 3 atom stereocenters. The van der Waals surface area contributed by atoms with Gasteiger partial charge < -0.3 is 14.6 Å². The van der Waals surface area contributed by atoms with Crippen LogP contribution in [0.25, 0.3) is 0 Å². The Kier molecular flexibility index (Phi) is 4.70. The zero-order valence-corrected chi connectivity index (χ0v) is 8.53. The van der Waals surface area contributed by atoms with Crippen molar-refractivity contribution in [1.82, 2.24) is 0 Å². The summed E-state index contributed by atoms with van der Waals surface area (Å²) in [5.41, 5.74) is 0. The van der Waals surface area contributed by atoms with Crippen molar-refractivity contribution >= 4 is 0 Å². The van der Waals surface area contributed by atoms with E-state index >= 15 is 0 Å². The summed E-state index contributed by atoms with van der Waals surface area (Å²) < 4.78 is 10.9. The van der Waals surface area contributed by atoms with Crippen molar-refractivity contribution in [1.29, 1.82) is 0 Å². The van der Waals surface area contributed by atoms with Crippen molar-refractivity contribution in [2.45, 2.75) is 38.4 Å². The quantitative estimate of drug-likeness (QED) is 0.720. The monoisotopic (exact) mass is 188 g/mol. The number of aliphatic hydroxyl groups is 1. The molecule has 1 aliphatic carbocycles.